The first kappa shape index (κ1) is 22.2. The fraction of sp³-hybridized carbons (Fsp3) is 0.208. The van der Waals surface area contributed by atoms with Crippen LogP contribution in [0.2, 0.25) is 5.02 Å². The number of anilines is 1. The molecule has 0 bridgehead atoms. The third kappa shape index (κ3) is 4.74. The number of carbonyl (C=O) groups is 1. The van der Waals surface area contributed by atoms with Gasteiger partial charge >= 0.3 is 0 Å². The summed E-state index contributed by atoms with van der Waals surface area (Å²) in [5.41, 5.74) is 2.41. The minimum atomic E-state index is -3.87. The summed E-state index contributed by atoms with van der Waals surface area (Å²) in [5.74, 6) is -0.00939. The van der Waals surface area contributed by atoms with E-state index >= 15 is 0 Å². The molecule has 32 heavy (non-hydrogen) atoms. The Balaban J connectivity index is 1.52. The van der Waals surface area contributed by atoms with E-state index in [0.29, 0.717) is 29.4 Å². The monoisotopic (exact) mass is 470 g/mol. The molecule has 8 heteroatoms. The van der Waals surface area contributed by atoms with Gasteiger partial charge in [-0.15, -0.1) is 0 Å². The van der Waals surface area contributed by atoms with E-state index in [9.17, 15) is 13.2 Å². The second kappa shape index (κ2) is 9.22. The summed E-state index contributed by atoms with van der Waals surface area (Å²) in [5, 5.41) is 3.50. The number of aryl methyl sites for hydroxylation is 1. The van der Waals surface area contributed by atoms with Crippen LogP contribution in [0.4, 0.5) is 5.69 Å². The molecule has 1 N–H and O–H groups in total. The number of nitrogens with one attached hydrogen (secondary N) is 1. The Bertz CT molecular complexity index is 1210. The van der Waals surface area contributed by atoms with Gasteiger partial charge in [0.05, 0.1) is 17.1 Å². The molecule has 1 heterocycles. The number of amides is 1. The lowest BCUT2D eigenvalue weighted by Gasteiger charge is -2.34. The van der Waals surface area contributed by atoms with Gasteiger partial charge in [-0.05, 0) is 55.3 Å². The first-order chi connectivity index (χ1) is 15.3. The zero-order chi connectivity index (χ0) is 22.7. The maximum Gasteiger partial charge on any atom is 0.264 e. The molecule has 0 aliphatic carbocycles. The van der Waals surface area contributed by atoms with Crippen molar-refractivity contribution in [3.8, 4) is 5.75 Å². The van der Waals surface area contributed by atoms with Gasteiger partial charge in [-0.25, -0.2) is 8.42 Å². The number of benzene rings is 3. The molecule has 3 aromatic rings. The lowest BCUT2D eigenvalue weighted by atomic mass is 10.1. The Morgan fingerprint density at radius 3 is 2.47 bits per heavy atom. The summed E-state index contributed by atoms with van der Waals surface area (Å²) in [6.45, 7) is 2.18. The van der Waals surface area contributed by atoms with Crippen molar-refractivity contribution in [1.29, 1.82) is 0 Å². The fourth-order valence-corrected chi connectivity index (χ4v) is 5.10. The molecular weight excluding hydrogens is 448 g/mol. The number of hydrogen-bond acceptors (Lipinski definition) is 4. The quantitative estimate of drug-likeness (QED) is 0.591. The normalized spacial score (nSPS) is 15.6. The number of sulfonamides is 1. The highest BCUT2D eigenvalue weighted by Gasteiger charge is 2.37. The smallest absolute Gasteiger partial charge is 0.264 e. The molecular formula is C24H23ClN2O4S. The lowest BCUT2D eigenvalue weighted by Crippen LogP contribution is -2.51. The molecule has 1 aliphatic rings. The number of ether oxygens (including phenoxy) is 1. The van der Waals surface area contributed by atoms with Crippen molar-refractivity contribution in [2.24, 2.45) is 0 Å². The van der Waals surface area contributed by atoms with E-state index in [2.05, 4.69) is 5.32 Å². The standard InChI is InChI=1S/C24H23ClN2O4S/c1-17-6-12-20(13-7-17)32(29,30)27-16-23(31-22-5-3-2-4-21(22)27)24(28)26-15-14-18-8-10-19(25)11-9-18/h2-13,23H,14-16H2,1H3,(H,26,28)/t23-/m1/s1. The molecule has 166 valence electrons. The van der Waals surface area contributed by atoms with Crippen LogP contribution in [-0.2, 0) is 21.2 Å². The van der Waals surface area contributed by atoms with E-state index in [0.717, 1.165) is 11.1 Å². The predicted molar refractivity (Wildman–Crippen MR) is 125 cm³/mol. The molecule has 0 saturated heterocycles. The van der Waals surface area contributed by atoms with Crippen molar-refractivity contribution >= 4 is 33.2 Å². The Morgan fingerprint density at radius 1 is 1.06 bits per heavy atom. The van der Waals surface area contributed by atoms with Crippen molar-refractivity contribution < 1.29 is 17.9 Å². The number of hydrogen-bond donors (Lipinski definition) is 1. The van der Waals surface area contributed by atoms with Gasteiger partial charge in [-0.3, -0.25) is 9.10 Å². The van der Waals surface area contributed by atoms with Gasteiger partial charge in [0, 0.05) is 11.6 Å². The van der Waals surface area contributed by atoms with E-state index in [4.69, 9.17) is 16.3 Å². The molecule has 4 rings (SSSR count). The highest BCUT2D eigenvalue weighted by Crippen LogP contribution is 2.36. The minimum Gasteiger partial charge on any atom is -0.476 e. The SMILES string of the molecule is Cc1ccc(S(=O)(=O)N2C[C@H](C(=O)NCCc3ccc(Cl)cc3)Oc3ccccc32)cc1. The van der Waals surface area contributed by atoms with E-state index in [1.807, 2.05) is 19.1 Å². The topological polar surface area (TPSA) is 75.7 Å². The first-order valence-electron chi connectivity index (χ1n) is 10.2. The van der Waals surface area contributed by atoms with Crippen molar-refractivity contribution in [1.82, 2.24) is 5.32 Å². The molecule has 0 fully saturated rings. The molecule has 0 aromatic heterocycles. The maximum atomic E-state index is 13.4. The number of rotatable bonds is 6. The van der Waals surface area contributed by atoms with Gasteiger partial charge in [-0.2, -0.15) is 0 Å². The summed E-state index contributed by atoms with van der Waals surface area (Å²) in [4.78, 5) is 13.0. The molecule has 0 unspecified atom stereocenters. The zero-order valence-electron chi connectivity index (χ0n) is 17.5. The summed E-state index contributed by atoms with van der Waals surface area (Å²) in [6.07, 6.45) is -0.340. The van der Waals surface area contributed by atoms with Crippen LogP contribution in [-0.4, -0.2) is 33.5 Å². The van der Waals surface area contributed by atoms with Crippen LogP contribution in [0.5, 0.6) is 5.75 Å². The maximum absolute atomic E-state index is 13.4. The second-order valence-electron chi connectivity index (χ2n) is 7.59. The number of carbonyl (C=O) groups excluding carboxylic acids is 1. The molecule has 0 saturated carbocycles. The van der Waals surface area contributed by atoms with Crippen LogP contribution in [0.15, 0.2) is 77.7 Å². The van der Waals surface area contributed by atoms with Crippen molar-refractivity contribution in [2.75, 3.05) is 17.4 Å². The Kier molecular flexibility index (Phi) is 6.39. The van der Waals surface area contributed by atoms with Gasteiger partial charge in [-0.1, -0.05) is 53.6 Å². The zero-order valence-corrected chi connectivity index (χ0v) is 19.1. The Labute approximate surface area is 192 Å². The van der Waals surface area contributed by atoms with Gasteiger partial charge in [0.25, 0.3) is 15.9 Å². The molecule has 0 spiro atoms. The van der Waals surface area contributed by atoms with Crippen LogP contribution in [0, 0.1) is 6.92 Å². The summed E-state index contributed by atoms with van der Waals surface area (Å²) < 4.78 is 33.9. The van der Waals surface area contributed by atoms with E-state index < -0.39 is 16.1 Å². The second-order valence-corrected chi connectivity index (χ2v) is 9.89. The van der Waals surface area contributed by atoms with E-state index in [1.54, 1.807) is 60.7 Å². The Hall–Kier alpha value is -3.03. The third-order valence-electron chi connectivity index (χ3n) is 5.26. The van der Waals surface area contributed by atoms with Crippen LogP contribution < -0.4 is 14.4 Å². The molecule has 3 aromatic carbocycles. The van der Waals surface area contributed by atoms with Gasteiger partial charge in [0.1, 0.15) is 5.75 Å². The molecule has 6 nitrogen and oxygen atoms in total. The first-order valence-corrected chi connectivity index (χ1v) is 12.0. The number of para-hydroxylation sites is 2. The minimum absolute atomic E-state index is 0.111. The number of fused-ring (bicyclic) bond motifs is 1. The van der Waals surface area contributed by atoms with Crippen LogP contribution >= 0.6 is 11.6 Å². The molecule has 0 radical (unpaired) electrons. The Morgan fingerprint density at radius 2 is 1.75 bits per heavy atom. The lowest BCUT2D eigenvalue weighted by molar-refractivity contribution is -0.127. The van der Waals surface area contributed by atoms with Gasteiger partial charge in [0.15, 0.2) is 6.10 Å². The van der Waals surface area contributed by atoms with Crippen LogP contribution in [0.3, 0.4) is 0 Å². The number of halogens is 1. The van der Waals surface area contributed by atoms with E-state index in [1.165, 1.54) is 4.31 Å². The van der Waals surface area contributed by atoms with Crippen molar-refractivity contribution in [3.05, 3.63) is 88.9 Å². The molecule has 1 amide bonds. The third-order valence-corrected chi connectivity index (χ3v) is 7.31. The van der Waals surface area contributed by atoms with Crippen LogP contribution in [0.25, 0.3) is 0 Å². The van der Waals surface area contributed by atoms with Crippen LogP contribution in [0.1, 0.15) is 11.1 Å². The fourth-order valence-electron chi connectivity index (χ4n) is 3.50. The van der Waals surface area contributed by atoms with Crippen molar-refractivity contribution in [3.63, 3.8) is 0 Å². The van der Waals surface area contributed by atoms with Crippen molar-refractivity contribution in [2.45, 2.75) is 24.3 Å². The number of nitrogens with zero attached hydrogens (tertiary/aromatic N) is 1. The average molecular weight is 471 g/mol. The highest BCUT2D eigenvalue weighted by atomic mass is 35.5. The largest absolute Gasteiger partial charge is 0.476 e. The average Bonchev–Trinajstić information content (AvgIpc) is 2.79. The predicted octanol–water partition coefficient (Wildman–Crippen LogP) is 3.96. The highest BCUT2D eigenvalue weighted by molar-refractivity contribution is 7.92. The molecule has 1 aliphatic heterocycles. The molecule has 1 atom stereocenters. The summed E-state index contributed by atoms with van der Waals surface area (Å²) in [6, 6.07) is 20.9. The van der Waals surface area contributed by atoms with Gasteiger partial charge in [0.2, 0.25) is 0 Å². The summed E-state index contributed by atoms with van der Waals surface area (Å²) >= 11 is 5.90. The summed E-state index contributed by atoms with van der Waals surface area (Å²) in [7, 11) is -3.87. The van der Waals surface area contributed by atoms with E-state index in [-0.39, 0.29) is 17.3 Å². The van der Waals surface area contributed by atoms with Gasteiger partial charge < -0.3 is 10.1 Å².